The van der Waals surface area contributed by atoms with Crippen LogP contribution in [0.5, 0.6) is 0 Å². The van der Waals surface area contributed by atoms with Gasteiger partial charge in [0.25, 0.3) is 0 Å². The lowest BCUT2D eigenvalue weighted by molar-refractivity contribution is 0.615. The Hall–Kier alpha value is -1.62. The van der Waals surface area contributed by atoms with Gasteiger partial charge in [-0.2, -0.15) is 0 Å². The summed E-state index contributed by atoms with van der Waals surface area (Å²) in [6.07, 6.45) is 0. The molecule has 1 radical (unpaired) electrons. The lowest BCUT2D eigenvalue weighted by atomic mass is 9.89. The second kappa shape index (κ2) is 13.8. The molecular weight excluding hydrogens is 249 g/mol. The molecule has 0 atom stereocenters. The zero-order chi connectivity index (χ0) is 14.5. The van der Waals surface area contributed by atoms with Crippen molar-refractivity contribution in [1.82, 2.24) is 0 Å². The van der Waals surface area contributed by atoms with E-state index in [9.17, 15) is 0 Å². The van der Waals surface area contributed by atoms with Crippen LogP contribution in [0, 0.1) is 6.92 Å². The maximum atomic E-state index is 8.41. The van der Waals surface area contributed by atoms with Gasteiger partial charge in [0.05, 0.1) is 0 Å². The average molecular weight is 274 g/mol. The van der Waals surface area contributed by atoms with Crippen molar-refractivity contribution in [1.29, 1.82) is 0 Å². The summed E-state index contributed by atoms with van der Waals surface area (Å²) < 4.78 is 0. The Bertz CT molecular complexity index is 418. The van der Waals surface area contributed by atoms with E-state index < -0.39 is 0 Å². The van der Waals surface area contributed by atoms with Crippen molar-refractivity contribution >= 4 is 12.9 Å². The highest BCUT2D eigenvalue weighted by atomic mass is 16.2. The number of aryl methyl sites for hydroxylation is 1. The summed E-state index contributed by atoms with van der Waals surface area (Å²) in [4.78, 5) is 0. The highest BCUT2D eigenvalue weighted by molar-refractivity contribution is 6.45. The van der Waals surface area contributed by atoms with E-state index in [0.717, 1.165) is 12.9 Å². The number of hydrogen-bond acceptors (Lipinski definition) is 2. The van der Waals surface area contributed by atoms with Gasteiger partial charge in [-0.3, -0.25) is 0 Å². The van der Waals surface area contributed by atoms with E-state index in [1.165, 1.54) is 11.1 Å². The van der Waals surface area contributed by atoms with Crippen LogP contribution in [0.2, 0.25) is 0 Å². The van der Waals surface area contributed by atoms with Crippen LogP contribution in [0.4, 0.5) is 0 Å². The van der Waals surface area contributed by atoms with Crippen molar-refractivity contribution in [2.24, 2.45) is 5.73 Å². The molecule has 0 bridgehead atoms. The molecule has 20 heavy (non-hydrogen) atoms. The molecule has 0 saturated carbocycles. The van der Waals surface area contributed by atoms with E-state index in [-0.39, 0.29) is 5.48 Å². The third-order valence-electron chi connectivity index (χ3n) is 2.30. The second-order valence-corrected chi connectivity index (χ2v) is 3.73. The summed E-state index contributed by atoms with van der Waals surface area (Å²) in [6, 6.07) is 17.6. The Balaban J connectivity index is 0. The van der Waals surface area contributed by atoms with Gasteiger partial charge < -0.3 is 16.2 Å². The van der Waals surface area contributed by atoms with Gasteiger partial charge in [0.15, 0.2) is 0 Å². The van der Waals surface area contributed by atoms with Crippen LogP contribution < -0.4 is 11.2 Å². The molecule has 109 valence electrons. The monoisotopic (exact) mass is 274 g/mol. The SMILES string of the molecule is CC.Cc1ccc(CN)cc1.O.O[B]c1ccccc1. The Morgan fingerprint density at radius 3 is 1.80 bits per heavy atom. The minimum atomic E-state index is 0. The number of benzene rings is 2. The molecule has 0 saturated heterocycles. The molecule has 0 spiro atoms. The zero-order valence-electron chi connectivity index (χ0n) is 12.5. The van der Waals surface area contributed by atoms with Gasteiger partial charge in [-0.1, -0.05) is 79.5 Å². The molecule has 0 fully saturated rings. The summed E-state index contributed by atoms with van der Waals surface area (Å²) in [7, 11) is 1.08. The Labute approximate surface area is 123 Å². The molecule has 5 N–H and O–H groups in total. The molecule has 0 unspecified atom stereocenters. The normalized spacial score (nSPS) is 8.05. The standard InChI is InChI=1S/C8H11N.C6H6BO.C2H6.H2O/c1-7-2-4-8(6-9)5-3-7;8-7-6-4-2-1-3-5-6;1-2;/h2-5H,6,9H2,1H3;1-5,8H;1-2H3;1H2. The molecule has 0 heterocycles. The van der Waals surface area contributed by atoms with Crippen LogP contribution >= 0.6 is 0 Å². The van der Waals surface area contributed by atoms with Crippen molar-refractivity contribution < 1.29 is 10.5 Å². The van der Waals surface area contributed by atoms with Crippen LogP contribution in [0.15, 0.2) is 54.6 Å². The highest BCUT2D eigenvalue weighted by Gasteiger charge is 1.86. The van der Waals surface area contributed by atoms with Crippen LogP contribution in [0.3, 0.4) is 0 Å². The van der Waals surface area contributed by atoms with Gasteiger partial charge in [-0.25, -0.2) is 0 Å². The van der Waals surface area contributed by atoms with E-state index in [1.807, 2.05) is 44.2 Å². The van der Waals surface area contributed by atoms with Crippen molar-refractivity contribution in [2.45, 2.75) is 27.3 Å². The van der Waals surface area contributed by atoms with Gasteiger partial charge in [-0.15, -0.1) is 0 Å². The maximum Gasteiger partial charge on any atom is 0.326 e. The van der Waals surface area contributed by atoms with Crippen molar-refractivity contribution in [3.05, 3.63) is 65.7 Å². The van der Waals surface area contributed by atoms with E-state index in [1.54, 1.807) is 0 Å². The van der Waals surface area contributed by atoms with Gasteiger partial charge in [0.2, 0.25) is 0 Å². The lowest BCUT2D eigenvalue weighted by Gasteiger charge is -1.94. The fourth-order valence-corrected chi connectivity index (χ4v) is 1.26. The van der Waals surface area contributed by atoms with Crippen molar-refractivity contribution in [3.63, 3.8) is 0 Å². The van der Waals surface area contributed by atoms with Gasteiger partial charge in [0.1, 0.15) is 0 Å². The number of nitrogens with two attached hydrogens (primary N) is 1. The lowest BCUT2D eigenvalue weighted by Crippen LogP contribution is -2.11. The molecular formula is C16H25BNO2. The molecule has 4 heteroatoms. The Morgan fingerprint density at radius 2 is 1.45 bits per heavy atom. The molecule has 0 aromatic heterocycles. The van der Waals surface area contributed by atoms with Gasteiger partial charge in [-0.05, 0) is 12.5 Å². The van der Waals surface area contributed by atoms with E-state index in [2.05, 4.69) is 31.2 Å². The second-order valence-electron chi connectivity index (χ2n) is 3.73. The highest BCUT2D eigenvalue weighted by Crippen LogP contribution is 2.00. The Kier molecular flexibility index (Phi) is 14.3. The first-order valence-corrected chi connectivity index (χ1v) is 6.54. The predicted molar refractivity (Wildman–Crippen MR) is 88.1 cm³/mol. The smallest absolute Gasteiger partial charge is 0.326 e. The maximum absolute atomic E-state index is 8.41. The topological polar surface area (TPSA) is 77.8 Å². The minimum absolute atomic E-state index is 0. The van der Waals surface area contributed by atoms with Crippen LogP contribution in [0.1, 0.15) is 25.0 Å². The Morgan fingerprint density at radius 1 is 0.950 bits per heavy atom. The molecule has 0 amide bonds. The van der Waals surface area contributed by atoms with Crippen molar-refractivity contribution in [2.75, 3.05) is 0 Å². The fourth-order valence-electron chi connectivity index (χ4n) is 1.26. The van der Waals surface area contributed by atoms with Gasteiger partial charge >= 0.3 is 7.48 Å². The molecule has 0 aliphatic carbocycles. The molecule has 0 aliphatic rings. The van der Waals surface area contributed by atoms with Crippen LogP contribution in [0.25, 0.3) is 0 Å². The number of hydrogen-bond donors (Lipinski definition) is 2. The average Bonchev–Trinajstić information content (AvgIpc) is 2.51. The van der Waals surface area contributed by atoms with Crippen LogP contribution in [-0.4, -0.2) is 18.0 Å². The number of rotatable bonds is 2. The molecule has 2 aromatic carbocycles. The summed E-state index contributed by atoms with van der Waals surface area (Å²) >= 11 is 0. The third kappa shape index (κ3) is 9.33. The van der Waals surface area contributed by atoms with E-state index in [0.29, 0.717) is 6.54 Å². The summed E-state index contributed by atoms with van der Waals surface area (Å²) in [5.41, 5.74) is 8.72. The first-order valence-electron chi connectivity index (χ1n) is 6.54. The minimum Gasteiger partial charge on any atom is -0.450 e. The zero-order valence-corrected chi connectivity index (χ0v) is 12.5. The molecule has 3 nitrogen and oxygen atoms in total. The molecule has 0 aliphatic heterocycles. The van der Waals surface area contributed by atoms with E-state index in [4.69, 9.17) is 10.8 Å². The summed E-state index contributed by atoms with van der Waals surface area (Å²) in [5.74, 6) is 0. The molecule has 2 rings (SSSR count). The first kappa shape index (κ1) is 20.7. The largest absolute Gasteiger partial charge is 0.450 e. The fraction of sp³-hybridized carbons (Fsp3) is 0.250. The summed E-state index contributed by atoms with van der Waals surface area (Å²) in [6.45, 7) is 6.71. The van der Waals surface area contributed by atoms with Crippen molar-refractivity contribution in [3.8, 4) is 0 Å². The predicted octanol–water partition coefficient (Wildman–Crippen LogP) is 1.58. The van der Waals surface area contributed by atoms with E-state index >= 15 is 0 Å². The summed E-state index contributed by atoms with van der Waals surface area (Å²) in [5, 5.41) is 8.41. The third-order valence-corrected chi connectivity index (χ3v) is 2.30. The quantitative estimate of drug-likeness (QED) is 0.815. The van der Waals surface area contributed by atoms with Gasteiger partial charge in [0, 0.05) is 6.54 Å². The first-order chi connectivity index (χ1) is 9.26. The van der Waals surface area contributed by atoms with Crippen LogP contribution in [-0.2, 0) is 6.54 Å². The molecule has 2 aromatic rings.